The predicted molar refractivity (Wildman–Crippen MR) is 161 cm³/mol. The Hall–Kier alpha value is -4.75. The summed E-state index contributed by atoms with van der Waals surface area (Å²) < 4.78 is 23.1. The molecule has 1 unspecified atom stereocenters. The van der Waals surface area contributed by atoms with Gasteiger partial charge in [0.1, 0.15) is 17.1 Å². The van der Waals surface area contributed by atoms with E-state index in [1.54, 1.807) is 31.3 Å². The Morgan fingerprint density at radius 3 is 2.38 bits per heavy atom. The highest BCUT2D eigenvalue weighted by Gasteiger charge is 2.42. The third-order valence-electron chi connectivity index (χ3n) is 7.49. The maximum atomic E-state index is 14.0. The lowest BCUT2D eigenvalue weighted by atomic mass is 9.97. The summed E-state index contributed by atoms with van der Waals surface area (Å²) in [6, 6.07) is 25.1. The van der Waals surface area contributed by atoms with Gasteiger partial charge in [0.15, 0.2) is 16.9 Å². The largest absolute Gasteiger partial charge is 0.493 e. The van der Waals surface area contributed by atoms with Gasteiger partial charge in [-0.3, -0.25) is 9.59 Å². The van der Waals surface area contributed by atoms with Gasteiger partial charge in [-0.25, -0.2) is 0 Å². The Bertz CT molecular complexity index is 1870. The van der Waals surface area contributed by atoms with Crippen LogP contribution >= 0.6 is 11.6 Å². The number of fused-ring (bicyclic) bond motifs is 2. The van der Waals surface area contributed by atoms with Gasteiger partial charge in [-0.1, -0.05) is 48.0 Å². The van der Waals surface area contributed by atoms with Crippen LogP contribution in [0.15, 0.2) is 94.1 Å². The zero-order valence-corrected chi connectivity index (χ0v) is 24.1. The first-order valence-electron chi connectivity index (χ1n) is 13.5. The molecule has 5 aromatic rings. The average Bonchev–Trinajstić information content (AvgIpc) is 3.28. The molecule has 0 radical (unpaired) electrons. The molecule has 1 aromatic heterocycles. The maximum Gasteiger partial charge on any atom is 0.290 e. The van der Waals surface area contributed by atoms with Gasteiger partial charge in [-0.2, -0.15) is 0 Å². The van der Waals surface area contributed by atoms with E-state index >= 15 is 0 Å². The second-order valence-electron chi connectivity index (χ2n) is 10.1. The molecule has 0 aliphatic carbocycles. The number of carbonyl (C=O) groups is 1. The molecule has 6 rings (SSSR count). The molecule has 1 aliphatic rings. The number of aryl methyl sites for hydroxylation is 1. The number of hydrogen-bond acceptors (Lipinski definition) is 6. The van der Waals surface area contributed by atoms with Crippen molar-refractivity contribution < 1.29 is 23.4 Å². The number of amides is 1. The second kappa shape index (κ2) is 11.3. The minimum absolute atomic E-state index is 0.0425. The quantitative estimate of drug-likeness (QED) is 0.191. The summed E-state index contributed by atoms with van der Waals surface area (Å²) in [5, 5.41) is 0.791. The van der Waals surface area contributed by atoms with Crippen molar-refractivity contribution in [2.24, 2.45) is 0 Å². The average molecular weight is 582 g/mol. The summed E-state index contributed by atoms with van der Waals surface area (Å²) in [5.41, 5.74) is 2.77. The smallest absolute Gasteiger partial charge is 0.290 e. The van der Waals surface area contributed by atoms with E-state index in [1.165, 1.54) is 0 Å². The first kappa shape index (κ1) is 27.4. The van der Waals surface area contributed by atoms with Crippen molar-refractivity contribution in [3.05, 3.63) is 128 Å². The van der Waals surface area contributed by atoms with E-state index < -0.39 is 6.04 Å². The van der Waals surface area contributed by atoms with Crippen LogP contribution in [0.2, 0.25) is 5.02 Å². The van der Waals surface area contributed by atoms with Gasteiger partial charge < -0.3 is 23.5 Å². The zero-order valence-electron chi connectivity index (χ0n) is 23.3. The molecule has 1 atom stereocenters. The molecule has 8 heteroatoms. The monoisotopic (exact) mass is 581 g/mol. The number of methoxy groups -OCH3 is 2. The molecule has 0 saturated carbocycles. The summed E-state index contributed by atoms with van der Waals surface area (Å²) in [5.74, 6) is 2.18. The molecular weight excluding hydrogens is 554 g/mol. The summed E-state index contributed by atoms with van der Waals surface area (Å²) in [6.45, 7) is 2.15. The van der Waals surface area contributed by atoms with Crippen molar-refractivity contribution in [1.29, 1.82) is 0 Å². The lowest BCUT2D eigenvalue weighted by Crippen LogP contribution is -2.31. The number of ether oxygens (including phenoxy) is 3. The lowest BCUT2D eigenvalue weighted by Gasteiger charge is -2.25. The van der Waals surface area contributed by atoms with Crippen LogP contribution in [-0.2, 0) is 6.42 Å². The Morgan fingerprint density at radius 1 is 0.857 bits per heavy atom. The molecule has 42 heavy (non-hydrogen) atoms. The van der Waals surface area contributed by atoms with E-state index in [0.717, 1.165) is 16.7 Å². The van der Waals surface area contributed by atoms with Gasteiger partial charge >= 0.3 is 0 Å². The molecule has 212 valence electrons. The Balaban J connectivity index is 1.44. The standard InChI is InChI=1S/C34H28ClNO6/c1-20-16-28-25(19-26(20)35)32(37)30-31(22-8-7-11-24(18-22)41-23-9-5-4-6-10-23)36(34(38)33(30)42-28)15-14-21-12-13-27(39-2)29(17-21)40-3/h4-13,16-19,31H,14-15H2,1-3H3. The number of para-hydroxylation sites is 1. The molecule has 1 aliphatic heterocycles. The van der Waals surface area contributed by atoms with Crippen molar-refractivity contribution in [1.82, 2.24) is 4.90 Å². The molecular formula is C34H28ClNO6. The van der Waals surface area contributed by atoms with Crippen LogP contribution < -0.4 is 19.6 Å². The highest BCUT2D eigenvalue weighted by Crippen LogP contribution is 2.40. The molecule has 0 N–H and O–H groups in total. The van der Waals surface area contributed by atoms with Crippen LogP contribution in [0.5, 0.6) is 23.0 Å². The SMILES string of the molecule is COc1ccc(CCN2C(=O)c3oc4cc(C)c(Cl)cc4c(=O)c3C2c2cccc(Oc3ccccc3)c2)cc1OC. The third kappa shape index (κ3) is 4.97. The normalized spacial score (nSPS) is 14.2. The number of hydrogen-bond donors (Lipinski definition) is 0. The van der Waals surface area contributed by atoms with Crippen LogP contribution in [0, 0.1) is 6.92 Å². The van der Waals surface area contributed by atoms with Crippen molar-refractivity contribution >= 4 is 28.5 Å². The van der Waals surface area contributed by atoms with Gasteiger partial charge in [-0.05, 0) is 78.6 Å². The van der Waals surface area contributed by atoms with Crippen LogP contribution in [0.25, 0.3) is 11.0 Å². The van der Waals surface area contributed by atoms with E-state index in [-0.39, 0.29) is 22.7 Å². The van der Waals surface area contributed by atoms with E-state index in [9.17, 15) is 9.59 Å². The number of halogens is 1. The fourth-order valence-corrected chi connectivity index (χ4v) is 5.54. The van der Waals surface area contributed by atoms with Gasteiger partial charge in [0.05, 0.1) is 31.2 Å². The van der Waals surface area contributed by atoms with Crippen LogP contribution in [0.3, 0.4) is 0 Å². The number of carbonyl (C=O) groups excluding carboxylic acids is 1. The summed E-state index contributed by atoms with van der Waals surface area (Å²) in [7, 11) is 3.17. The first-order chi connectivity index (χ1) is 20.4. The molecule has 2 heterocycles. The molecule has 4 aromatic carbocycles. The Labute approximate surface area is 247 Å². The van der Waals surface area contributed by atoms with E-state index in [2.05, 4.69) is 0 Å². The van der Waals surface area contributed by atoms with Crippen molar-refractivity contribution in [2.45, 2.75) is 19.4 Å². The van der Waals surface area contributed by atoms with Gasteiger partial charge in [0.25, 0.3) is 5.91 Å². The number of rotatable bonds is 8. The fourth-order valence-electron chi connectivity index (χ4n) is 5.38. The topological polar surface area (TPSA) is 78.2 Å². The van der Waals surface area contributed by atoms with Gasteiger partial charge in [0.2, 0.25) is 5.76 Å². The summed E-state index contributed by atoms with van der Waals surface area (Å²) in [6.07, 6.45) is 0.509. The van der Waals surface area contributed by atoms with E-state index in [4.69, 9.17) is 30.2 Å². The van der Waals surface area contributed by atoms with Gasteiger partial charge in [0, 0.05) is 11.6 Å². The van der Waals surface area contributed by atoms with Crippen molar-refractivity contribution in [3.8, 4) is 23.0 Å². The lowest BCUT2D eigenvalue weighted by molar-refractivity contribution is 0.0730. The minimum Gasteiger partial charge on any atom is -0.493 e. The van der Waals surface area contributed by atoms with Crippen molar-refractivity contribution in [3.63, 3.8) is 0 Å². The summed E-state index contributed by atoms with van der Waals surface area (Å²) >= 11 is 6.39. The Kier molecular flexibility index (Phi) is 7.35. The summed E-state index contributed by atoms with van der Waals surface area (Å²) in [4.78, 5) is 29.6. The first-order valence-corrected chi connectivity index (χ1v) is 13.9. The number of benzene rings is 4. The maximum absolute atomic E-state index is 14.0. The molecule has 7 nitrogen and oxygen atoms in total. The van der Waals surface area contributed by atoms with Crippen LogP contribution in [-0.4, -0.2) is 31.6 Å². The Morgan fingerprint density at radius 2 is 1.62 bits per heavy atom. The van der Waals surface area contributed by atoms with Gasteiger partial charge in [-0.15, -0.1) is 0 Å². The molecule has 1 amide bonds. The predicted octanol–water partition coefficient (Wildman–Crippen LogP) is 7.35. The number of nitrogens with zero attached hydrogens (tertiary/aromatic N) is 1. The third-order valence-corrected chi connectivity index (χ3v) is 7.90. The van der Waals surface area contributed by atoms with E-state index in [1.807, 2.05) is 79.7 Å². The van der Waals surface area contributed by atoms with Crippen LogP contribution in [0.1, 0.15) is 38.9 Å². The van der Waals surface area contributed by atoms with E-state index in [0.29, 0.717) is 52.0 Å². The highest BCUT2D eigenvalue weighted by molar-refractivity contribution is 6.32. The minimum atomic E-state index is -0.687. The molecule has 0 saturated heterocycles. The zero-order chi connectivity index (χ0) is 29.4. The second-order valence-corrected chi connectivity index (χ2v) is 10.5. The highest BCUT2D eigenvalue weighted by atomic mass is 35.5. The molecule has 0 bridgehead atoms. The molecule has 0 spiro atoms. The fraction of sp³-hybridized carbons (Fsp3) is 0.176. The molecule has 0 fully saturated rings. The van der Waals surface area contributed by atoms with Crippen LogP contribution in [0.4, 0.5) is 0 Å². The van der Waals surface area contributed by atoms with Crippen molar-refractivity contribution in [2.75, 3.05) is 20.8 Å².